The highest BCUT2D eigenvalue weighted by Gasteiger charge is 2.32. The first-order valence-corrected chi connectivity index (χ1v) is 7.50. The molecule has 0 aromatic heterocycles. The number of halogens is 3. The van der Waals surface area contributed by atoms with Crippen LogP contribution in [0.3, 0.4) is 0 Å². The average molecular weight is 315 g/mol. The van der Waals surface area contributed by atoms with Crippen LogP contribution >= 0.6 is 0 Å². The van der Waals surface area contributed by atoms with Gasteiger partial charge in [-0.15, -0.1) is 0 Å². The molecule has 0 aliphatic carbocycles. The van der Waals surface area contributed by atoms with Crippen LogP contribution in [0.5, 0.6) is 0 Å². The predicted octanol–water partition coefficient (Wildman–Crippen LogP) is 3.75. The van der Waals surface area contributed by atoms with E-state index in [9.17, 15) is 23.1 Å². The van der Waals surface area contributed by atoms with E-state index >= 15 is 0 Å². The van der Waals surface area contributed by atoms with E-state index in [4.69, 9.17) is 0 Å². The third-order valence-electron chi connectivity index (χ3n) is 4.05. The maximum absolute atomic E-state index is 12.8. The molecule has 1 fully saturated rings. The van der Waals surface area contributed by atoms with E-state index < -0.39 is 23.6 Å². The van der Waals surface area contributed by atoms with Gasteiger partial charge in [0.1, 0.15) is 0 Å². The van der Waals surface area contributed by atoms with Gasteiger partial charge in [-0.3, -0.25) is 4.79 Å². The summed E-state index contributed by atoms with van der Waals surface area (Å²) in [5, 5.41) is 9.41. The first-order valence-electron chi connectivity index (χ1n) is 7.50. The van der Waals surface area contributed by atoms with E-state index in [-0.39, 0.29) is 12.1 Å². The zero-order valence-corrected chi connectivity index (χ0v) is 12.3. The van der Waals surface area contributed by atoms with Gasteiger partial charge in [-0.05, 0) is 37.6 Å². The van der Waals surface area contributed by atoms with Crippen LogP contribution in [0.4, 0.5) is 13.2 Å². The molecule has 0 bridgehead atoms. The molecule has 1 aromatic carbocycles. The third-order valence-corrected chi connectivity index (χ3v) is 4.05. The van der Waals surface area contributed by atoms with E-state index in [0.717, 1.165) is 50.9 Å². The van der Waals surface area contributed by atoms with Crippen molar-refractivity contribution >= 4 is 5.97 Å². The number of carboxylic acids is 1. The van der Waals surface area contributed by atoms with Crippen molar-refractivity contribution in [3.63, 3.8) is 0 Å². The topological polar surface area (TPSA) is 40.5 Å². The minimum Gasteiger partial charge on any atom is -0.481 e. The number of hydrogen-bond acceptors (Lipinski definition) is 2. The van der Waals surface area contributed by atoms with Gasteiger partial charge in [0.25, 0.3) is 0 Å². The Labute approximate surface area is 127 Å². The molecule has 122 valence electrons. The lowest BCUT2D eigenvalue weighted by Crippen LogP contribution is -2.32. The molecule has 1 N–H and O–H groups in total. The van der Waals surface area contributed by atoms with Crippen molar-refractivity contribution in [2.45, 2.75) is 37.8 Å². The Hall–Kier alpha value is -1.56. The van der Waals surface area contributed by atoms with Gasteiger partial charge in [0, 0.05) is 6.54 Å². The molecule has 1 unspecified atom stereocenters. The highest BCUT2D eigenvalue weighted by atomic mass is 19.4. The molecule has 0 saturated carbocycles. The van der Waals surface area contributed by atoms with Crippen LogP contribution in [-0.4, -0.2) is 35.6 Å². The second-order valence-electron chi connectivity index (χ2n) is 5.73. The van der Waals surface area contributed by atoms with E-state index in [1.165, 1.54) is 12.1 Å². The molecule has 0 radical (unpaired) electrons. The number of nitrogens with zero attached hydrogens (tertiary/aromatic N) is 1. The van der Waals surface area contributed by atoms with Crippen LogP contribution in [0, 0.1) is 0 Å². The molecule has 1 aromatic rings. The fraction of sp³-hybridized carbons (Fsp3) is 0.562. The van der Waals surface area contributed by atoms with Crippen LogP contribution in [0.1, 0.15) is 42.7 Å². The van der Waals surface area contributed by atoms with Crippen LogP contribution in [0.15, 0.2) is 24.3 Å². The summed E-state index contributed by atoms with van der Waals surface area (Å²) in [6, 6.07) is 4.66. The van der Waals surface area contributed by atoms with E-state index in [2.05, 4.69) is 0 Å². The first kappa shape index (κ1) is 16.8. The number of alkyl halides is 3. The molecule has 1 aliphatic rings. The number of hydrogen-bond donors (Lipinski definition) is 1. The van der Waals surface area contributed by atoms with E-state index in [0.29, 0.717) is 0 Å². The van der Waals surface area contributed by atoms with Crippen molar-refractivity contribution in [1.29, 1.82) is 0 Å². The fourth-order valence-corrected chi connectivity index (χ4v) is 2.83. The number of aliphatic carboxylic acids is 1. The molecule has 6 heteroatoms. The molecular formula is C16H20F3NO2. The minimum absolute atomic E-state index is 0.214. The Morgan fingerprint density at radius 1 is 1.18 bits per heavy atom. The van der Waals surface area contributed by atoms with Gasteiger partial charge in [0.15, 0.2) is 0 Å². The second kappa shape index (κ2) is 7.13. The number of rotatable bonds is 4. The molecule has 3 nitrogen and oxygen atoms in total. The second-order valence-corrected chi connectivity index (χ2v) is 5.73. The van der Waals surface area contributed by atoms with Crippen molar-refractivity contribution in [3.8, 4) is 0 Å². The lowest BCUT2D eigenvalue weighted by atomic mass is 9.96. The quantitative estimate of drug-likeness (QED) is 0.920. The predicted molar refractivity (Wildman–Crippen MR) is 76.7 cm³/mol. The maximum atomic E-state index is 12.8. The van der Waals surface area contributed by atoms with Crippen molar-refractivity contribution in [1.82, 2.24) is 4.90 Å². The highest BCUT2D eigenvalue weighted by Crippen LogP contribution is 2.31. The summed E-state index contributed by atoms with van der Waals surface area (Å²) in [6.45, 7) is 1.88. The smallest absolute Gasteiger partial charge is 0.416 e. The maximum Gasteiger partial charge on any atom is 0.416 e. The molecule has 1 saturated heterocycles. The van der Waals surface area contributed by atoms with Gasteiger partial charge in [-0.1, -0.05) is 31.0 Å². The summed E-state index contributed by atoms with van der Waals surface area (Å²) in [6.07, 6.45) is -0.193. The number of carbonyl (C=O) groups is 1. The lowest BCUT2D eigenvalue weighted by Gasteiger charge is -2.24. The van der Waals surface area contributed by atoms with Crippen molar-refractivity contribution < 1.29 is 23.1 Å². The summed E-state index contributed by atoms with van der Waals surface area (Å²) in [5.41, 5.74) is -0.585. The zero-order valence-electron chi connectivity index (χ0n) is 12.3. The van der Waals surface area contributed by atoms with E-state index in [1.807, 2.05) is 4.90 Å². The number of likely N-dealkylation sites (tertiary alicyclic amines) is 1. The molecule has 0 spiro atoms. The minimum atomic E-state index is -4.46. The summed E-state index contributed by atoms with van der Waals surface area (Å²) in [5.74, 6) is -2.01. The Morgan fingerprint density at radius 3 is 2.36 bits per heavy atom. The van der Waals surface area contributed by atoms with Crippen LogP contribution in [-0.2, 0) is 11.0 Å². The van der Waals surface area contributed by atoms with Crippen LogP contribution in [0.25, 0.3) is 0 Å². The Morgan fingerprint density at radius 2 is 1.82 bits per heavy atom. The summed E-state index contributed by atoms with van der Waals surface area (Å²) in [4.78, 5) is 13.6. The Kier molecular flexibility index (Phi) is 5.45. The SMILES string of the molecule is O=C(O)C(CN1CCCCCC1)c1cccc(C(F)(F)F)c1. The van der Waals surface area contributed by atoms with Gasteiger partial charge in [-0.2, -0.15) is 13.2 Å². The molecule has 2 rings (SSSR count). The van der Waals surface area contributed by atoms with Gasteiger partial charge in [-0.25, -0.2) is 0 Å². The number of carboxylic acid groups (broad SMARTS) is 1. The van der Waals surface area contributed by atoms with Crippen molar-refractivity contribution in [2.24, 2.45) is 0 Å². The summed E-state index contributed by atoms with van der Waals surface area (Å²) < 4.78 is 38.4. The molecular weight excluding hydrogens is 295 g/mol. The average Bonchev–Trinajstić information content (AvgIpc) is 2.72. The van der Waals surface area contributed by atoms with Gasteiger partial charge in [0.05, 0.1) is 11.5 Å². The lowest BCUT2D eigenvalue weighted by molar-refractivity contribution is -0.140. The normalized spacial score (nSPS) is 18.7. The van der Waals surface area contributed by atoms with Gasteiger partial charge >= 0.3 is 12.1 Å². The van der Waals surface area contributed by atoms with Gasteiger partial charge < -0.3 is 10.0 Å². The molecule has 1 heterocycles. The summed E-state index contributed by atoms with van der Waals surface area (Å²) in [7, 11) is 0. The molecule has 0 amide bonds. The van der Waals surface area contributed by atoms with Crippen LogP contribution < -0.4 is 0 Å². The Balaban J connectivity index is 2.18. The third kappa shape index (κ3) is 4.47. The first-order chi connectivity index (χ1) is 10.4. The van der Waals surface area contributed by atoms with Crippen molar-refractivity contribution in [2.75, 3.05) is 19.6 Å². The Bertz CT molecular complexity index is 508. The largest absolute Gasteiger partial charge is 0.481 e. The van der Waals surface area contributed by atoms with Gasteiger partial charge in [0.2, 0.25) is 0 Å². The number of benzene rings is 1. The van der Waals surface area contributed by atoms with E-state index in [1.54, 1.807) is 0 Å². The summed E-state index contributed by atoms with van der Waals surface area (Å²) >= 11 is 0. The highest BCUT2D eigenvalue weighted by molar-refractivity contribution is 5.76. The fourth-order valence-electron chi connectivity index (χ4n) is 2.83. The molecule has 22 heavy (non-hydrogen) atoms. The van der Waals surface area contributed by atoms with Crippen molar-refractivity contribution in [3.05, 3.63) is 35.4 Å². The standard InChI is InChI=1S/C16H20F3NO2/c17-16(18,19)13-7-5-6-12(10-13)14(15(21)22)11-20-8-3-1-2-4-9-20/h5-7,10,14H,1-4,8-9,11H2,(H,21,22). The zero-order chi connectivity index (χ0) is 16.2. The molecule has 1 aliphatic heterocycles. The van der Waals surface area contributed by atoms with Crippen LogP contribution in [0.2, 0.25) is 0 Å². The monoisotopic (exact) mass is 315 g/mol. The molecule has 1 atom stereocenters.